The normalized spacial score (nSPS) is 27.6. The van der Waals surface area contributed by atoms with E-state index in [1.54, 1.807) is 0 Å². The van der Waals surface area contributed by atoms with Crippen LogP contribution in [0.5, 0.6) is 0 Å². The van der Waals surface area contributed by atoms with E-state index in [4.69, 9.17) is 0 Å². The minimum atomic E-state index is -0.109. The molecule has 0 aromatic carbocycles. The molecule has 2 atom stereocenters. The summed E-state index contributed by atoms with van der Waals surface area (Å²) in [5.74, 6) is 0.516. The Morgan fingerprint density at radius 2 is 2.27 bits per heavy atom. The van der Waals surface area contributed by atoms with Gasteiger partial charge in [-0.1, -0.05) is 12.8 Å². The summed E-state index contributed by atoms with van der Waals surface area (Å²) < 4.78 is 1.96. The molecule has 3 nitrogen and oxygen atoms in total. The molecule has 2 unspecified atom stereocenters. The highest BCUT2D eigenvalue weighted by atomic mass is 16.3. The molecule has 1 fully saturated rings. The van der Waals surface area contributed by atoms with Crippen LogP contribution in [-0.4, -0.2) is 21.0 Å². The quantitative estimate of drug-likeness (QED) is 0.757. The van der Waals surface area contributed by atoms with Gasteiger partial charge in [-0.2, -0.15) is 5.10 Å². The molecule has 1 aromatic rings. The van der Waals surface area contributed by atoms with Gasteiger partial charge in [0.25, 0.3) is 0 Å². The van der Waals surface area contributed by atoms with Gasteiger partial charge in [0.2, 0.25) is 0 Å². The zero-order chi connectivity index (χ0) is 10.7. The summed E-state index contributed by atoms with van der Waals surface area (Å²) in [5, 5.41) is 14.1. The summed E-state index contributed by atoms with van der Waals surface area (Å²) in [6, 6.07) is 0. The van der Waals surface area contributed by atoms with Crippen molar-refractivity contribution in [1.29, 1.82) is 0 Å². The average molecular weight is 208 g/mol. The minimum Gasteiger partial charge on any atom is -0.393 e. The smallest absolute Gasteiger partial charge is 0.0546 e. The first kappa shape index (κ1) is 10.7. The topological polar surface area (TPSA) is 38.0 Å². The van der Waals surface area contributed by atoms with E-state index in [1.165, 1.54) is 24.8 Å². The van der Waals surface area contributed by atoms with E-state index < -0.39 is 0 Å². The Bertz CT molecular complexity index is 308. The van der Waals surface area contributed by atoms with Crippen molar-refractivity contribution in [2.75, 3.05) is 0 Å². The van der Waals surface area contributed by atoms with Crippen LogP contribution in [0.4, 0.5) is 0 Å². The summed E-state index contributed by atoms with van der Waals surface area (Å²) in [6.45, 7) is 3.02. The summed E-state index contributed by atoms with van der Waals surface area (Å²) in [5.41, 5.74) is 1.30. The number of aliphatic hydroxyl groups is 1. The maximum absolute atomic E-state index is 9.76. The maximum Gasteiger partial charge on any atom is 0.0546 e. The molecule has 0 amide bonds. The van der Waals surface area contributed by atoms with Crippen LogP contribution >= 0.6 is 0 Å². The number of aliphatic hydroxyl groups excluding tert-OH is 1. The third-order valence-electron chi connectivity index (χ3n) is 3.35. The Kier molecular flexibility index (Phi) is 3.41. The molecule has 0 bridgehead atoms. The van der Waals surface area contributed by atoms with Gasteiger partial charge in [-0.05, 0) is 37.7 Å². The van der Waals surface area contributed by atoms with E-state index in [-0.39, 0.29) is 6.10 Å². The first-order valence-corrected chi connectivity index (χ1v) is 6.00. The van der Waals surface area contributed by atoms with Crippen molar-refractivity contribution < 1.29 is 5.11 Å². The number of nitrogens with zero attached hydrogens (tertiary/aromatic N) is 2. The van der Waals surface area contributed by atoms with E-state index in [2.05, 4.69) is 18.2 Å². The standard InChI is InChI=1S/C12H20N2O/c1-2-14-9-11(8-13-14)10-5-3-4-6-12(15)7-10/h8-10,12,15H,2-7H2,1H3. The zero-order valence-electron chi connectivity index (χ0n) is 9.39. The molecule has 2 rings (SSSR count). The SMILES string of the molecule is CCn1cc(C2CCCCC(O)C2)cn1. The Balaban J connectivity index is 2.07. The van der Waals surface area contributed by atoms with Crippen LogP contribution in [0.3, 0.4) is 0 Å². The highest BCUT2D eigenvalue weighted by Gasteiger charge is 2.20. The zero-order valence-corrected chi connectivity index (χ0v) is 9.39. The molecular formula is C12H20N2O. The lowest BCUT2D eigenvalue weighted by molar-refractivity contribution is 0.152. The second kappa shape index (κ2) is 4.79. The van der Waals surface area contributed by atoms with Gasteiger partial charge in [-0.3, -0.25) is 4.68 Å². The van der Waals surface area contributed by atoms with Gasteiger partial charge in [0.05, 0.1) is 12.3 Å². The highest BCUT2D eigenvalue weighted by molar-refractivity contribution is 5.12. The molecule has 15 heavy (non-hydrogen) atoms. The van der Waals surface area contributed by atoms with Crippen molar-refractivity contribution in [3.8, 4) is 0 Å². The van der Waals surface area contributed by atoms with Gasteiger partial charge in [0, 0.05) is 12.7 Å². The molecule has 0 radical (unpaired) electrons. The van der Waals surface area contributed by atoms with Crippen LogP contribution in [0.1, 0.15) is 50.5 Å². The fourth-order valence-corrected chi connectivity index (χ4v) is 2.40. The van der Waals surface area contributed by atoms with E-state index in [0.29, 0.717) is 5.92 Å². The minimum absolute atomic E-state index is 0.109. The highest BCUT2D eigenvalue weighted by Crippen LogP contribution is 2.31. The van der Waals surface area contributed by atoms with E-state index in [0.717, 1.165) is 19.4 Å². The van der Waals surface area contributed by atoms with Gasteiger partial charge < -0.3 is 5.11 Å². The molecule has 0 spiro atoms. The van der Waals surface area contributed by atoms with Crippen molar-refractivity contribution in [3.05, 3.63) is 18.0 Å². The molecule has 84 valence electrons. The van der Waals surface area contributed by atoms with E-state index in [1.807, 2.05) is 10.9 Å². The molecule has 0 saturated heterocycles. The first-order chi connectivity index (χ1) is 7.29. The number of hydrogen-bond acceptors (Lipinski definition) is 2. The fraction of sp³-hybridized carbons (Fsp3) is 0.750. The lowest BCUT2D eigenvalue weighted by Gasteiger charge is -2.14. The largest absolute Gasteiger partial charge is 0.393 e. The Hall–Kier alpha value is -0.830. The molecule has 1 aliphatic rings. The second-order valence-corrected chi connectivity index (χ2v) is 4.50. The third kappa shape index (κ3) is 2.59. The lowest BCUT2D eigenvalue weighted by Crippen LogP contribution is -2.08. The Labute approximate surface area is 91.1 Å². The molecule has 1 N–H and O–H groups in total. The number of aromatic nitrogens is 2. The van der Waals surface area contributed by atoms with E-state index >= 15 is 0 Å². The predicted octanol–water partition coefficient (Wildman–Crippen LogP) is 2.31. The van der Waals surface area contributed by atoms with Crippen molar-refractivity contribution in [2.24, 2.45) is 0 Å². The van der Waals surface area contributed by atoms with Crippen LogP contribution in [0.15, 0.2) is 12.4 Å². The summed E-state index contributed by atoms with van der Waals surface area (Å²) in [6.07, 6.45) is 9.47. The van der Waals surface area contributed by atoms with Gasteiger partial charge in [-0.15, -0.1) is 0 Å². The molecule has 1 heterocycles. The van der Waals surface area contributed by atoms with Gasteiger partial charge in [-0.25, -0.2) is 0 Å². The van der Waals surface area contributed by atoms with Gasteiger partial charge in [0.1, 0.15) is 0 Å². The molecule has 1 saturated carbocycles. The molecule has 0 aliphatic heterocycles. The first-order valence-electron chi connectivity index (χ1n) is 6.00. The lowest BCUT2D eigenvalue weighted by atomic mass is 9.93. The van der Waals surface area contributed by atoms with Crippen molar-refractivity contribution in [2.45, 2.75) is 57.6 Å². The third-order valence-corrected chi connectivity index (χ3v) is 3.35. The Morgan fingerprint density at radius 1 is 1.47 bits per heavy atom. The maximum atomic E-state index is 9.76. The Morgan fingerprint density at radius 3 is 3.00 bits per heavy atom. The number of rotatable bonds is 2. The monoisotopic (exact) mass is 208 g/mol. The van der Waals surface area contributed by atoms with Crippen LogP contribution < -0.4 is 0 Å². The average Bonchev–Trinajstić information content (AvgIpc) is 2.61. The predicted molar refractivity (Wildman–Crippen MR) is 59.7 cm³/mol. The van der Waals surface area contributed by atoms with Gasteiger partial charge in [0.15, 0.2) is 0 Å². The summed E-state index contributed by atoms with van der Waals surface area (Å²) >= 11 is 0. The van der Waals surface area contributed by atoms with Crippen molar-refractivity contribution >= 4 is 0 Å². The molecular weight excluding hydrogens is 188 g/mol. The van der Waals surface area contributed by atoms with Crippen LogP contribution in [0, 0.1) is 0 Å². The molecule has 1 aliphatic carbocycles. The molecule has 1 aromatic heterocycles. The molecule has 3 heteroatoms. The number of aryl methyl sites for hydroxylation is 1. The number of hydrogen-bond donors (Lipinski definition) is 1. The second-order valence-electron chi connectivity index (χ2n) is 4.50. The van der Waals surface area contributed by atoms with Crippen molar-refractivity contribution in [1.82, 2.24) is 9.78 Å². The van der Waals surface area contributed by atoms with Crippen LogP contribution in [0.2, 0.25) is 0 Å². The van der Waals surface area contributed by atoms with E-state index in [9.17, 15) is 5.11 Å². The summed E-state index contributed by atoms with van der Waals surface area (Å²) in [4.78, 5) is 0. The summed E-state index contributed by atoms with van der Waals surface area (Å²) in [7, 11) is 0. The fourth-order valence-electron chi connectivity index (χ4n) is 2.40. The van der Waals surface area contributed by atoms with Crippen LogP contribution in [-0.2, 0) is 6.54 Å². The van der Waals surface area contributed by atoms with Gasteiger partial charge >= 0.3 is 0 Å². The van der Waals surface area contributed by atoms with Crippen LogP contribution in [0.25, 0.3) is 0 Å². The van der Waals surface area contributed by atoms with Crippen molar-refractivity contribution in [3.63, 3.8) is 0 Å².